The first kappa shape index (κ1) is 8.74. The summed E-state index contributed by atoms with van der Waals surface area (Å²) in [5.41, 5.74) is 6.47. The number of aldehydes is 1. The molecule has 1 aliphatic rings. The quantitative estimate of drug-likeness (QED) is 0.698. The minimum absolute atomic E-state index is 0.252. The van der Waals surface area contributed by atoms with Gasteiger partial charge in [-0.2, -0.15) is 5.10 Å². The number of hydrogen-bond acceptors (Lipinski definition) is 4. The minimum atomic E-state index is -0.252. The zero-order valence-electron chi connectivity index (χ0n) is 7.63. The van der Waals surface area contributed by atoms with E-state index in [0.29, 0.717) is 12.3 Å². The van der Waals surface area contributed by atoms with E-state index in [9.17, 15) is 4.79 Å². The summed E-state index contributed by atoms with van der Waals surface area (Å²) in [6.07, 6.45) is 1.38. The molecular formula is C10H11N3O. The third-order valence-electron chi connectivity index (χ3n) is 2.15. The molecule has 0 saturated carbocycles. The van der Waals surface area contributed by atoms with E-state index in [1.54, 1.807) is 5.01 Å². The van der Waals surface area contributed by atoms with E-state index in [0.717, 1.165) is 12.0 Å². The van der Waals surface area contributed by atoms with Crippen LogP contribution in [0.4, 0.5) is 5.69 Å². The van der Waals surface area contributed by atoms with Gasteiger partial charge in [0.05, 0.1) is 5.69 Å². The molecule has 72 valence electrons. The van der Waals surface area contributed by atoms with Gasteiger partial charge in [-0.25, -0.2) is 0 Å². The van der Waals surface area contributed by atoms with E-state index in [2.05, 4.69) is 5.10 Å². The van der Waals surface area contributed by atoms with E-state index < -0.39 is 0 Å². The molecule has 0 spiro atoms. The lowest BCUT2D eigenvalue weighted by Gasteiger charge is -2.18. The Bertz CT molecular complexity index is 361. The van der Waals surface area contributed by atoms with Gasteiger partial charge in [0.2, 0.25) is 0 Å². The lowest BCUT2D eigenvalue weighted by atomic mass is 10.2. The number of amidine groups is 1. The number of hydrogen-bond donors (Lipinski definition) is 1. The van der Waals surface area contributed by atoms with Crippen LogP contribution >= 0.6 is 0 Å². The molecular weight excluding hydrogens is 178 g/mol. The first-order valence-electron chi connectivity index (χ1n) is 4.44. The third kappa shape index (κ3) is 1.46. The van der Waals surface area contributed by atoms with Gasteiger partial charge in [-0.3, -0.25) is 5.01 Å². The summed E-state index contributed by atoms with van der Waals surface area (Å²) < 4.78 is 0. The lowest BCUT2D eigenvalue weighted by Crippen LogP contribution is -2.27. The molecule has 1 aliphatic heterocycles. The Hall–Kier alpha value is -1.84. The van der Waals surface area contributed by atoms with Crippen molar-refractivity contribution in [1.29, 1.82) is 0 Å². The summed E-state index contributed by atoms with van der Waals surface area (Å²) in [4.78, 5) is 10.8. The fourth-order valence-corrected chi connectivity index (χ4v) is 1.49. The van der Waals surface area contributed by atoms with Gasteiger partial charge in [0.25, 0.3) is 0 Å². The number of rotatable bonds is 2. The van der Waals surface area contributed by atoms with Crippen LogP contribution in [0.5, 0.6) is 0 Å². The summed E-state index contributed by atoms with van der Waals surface area (Å²) in [6, 6.07) is 9.28. The molecule has 1 atom stereocenters. The van der Waals surface area contributed by atoms with Crippen LogP contribution in [0.2, 0.25) is 0 Å². The number of para-hydroxylation sites is 1. The fraction of sp³-hybridized carbons (Fsp3) is 0.200. The van der Waals surface area contributed by atoms with Crippen molar-refractivity contribution < 1.29 is 4.79 Å². The van der Waals surface area contributed by atoms with Crippen molar-refractivity contribution >= 4 is 17.8 Å². The van der Waals surface area contributed by atoms with E-state index in [-0.39, 0.29) is 6.04 Å². The fourth-order valence-electron chi connectivity index (χ4n) is 1.49. The van der Waals surface area contributed by atoms with E-state index in [1.807, 2.05) is 30.3 Å². The molecule has 0 aliphatic carbocycles. The molecule has 1 unspecified atom stereocenters. The molecule has 0 aromatic heterocycles. The van der Waals surface area contributed by atoms with Crippen LogP contribution in [0.15, 0.2) is 35.4 Å². The zero-order valence-corrected chi connectivity index (χ0v) is 7.63. The van der Waals surface area contributed by atoms with Crippen LogP contribution < -0.4 is 10.7 Å². The molecule has 1 aromatic rings. The molecule has 0 bridgehead atoms. The van der Waals surface area contributed by atoms with Gasteiger partial charge >= 0.3 is 0 Å². The van der Waals surface area contributed by atoms with E-state index >= 15 is 0 Å². The van der Waals surface area contributed by atoms with E-state index in [1.165, 1.54) is 0 Å². The zero-order chi connectivity index (χ0) is 9.97. The molecule has 2 rings (SSSR count). The van der Waals surface area contributed by atoms with Gasteiger partial charge < -0.3 is 10.5 Å². The van der Waals surface area contributed by atoms with Crippen molar-refractivity contribution in [2.24, 2.45) is 10.8 Å². The van der Waals surface area contributed by atoms with Crippen molar-refractivity contribution in [1.82, 2.24) is 0 Å². The first-order valence-corrected chi connectivity index (χ1v) is 4.44. The van der Waals surface area contributed by atoms with Gasteiger partial charge in [0.1, 0.15) is 18.2 Å². The number of nitrogens with two attached hydrogens (primary N) is 1. The first-order chi connectivity index (χ1) is 6.81. The summed E-state index contributed by atoms with van der Waals surface area (Å²) in [6.45, 7) is 0. The normalized spacial score (nSPS) is 20.7. The molecule has 0 amide bonds. The molecule has 0 saturated heterocycles. The molecule has 0 radical (unpaired) electrons. The number of carbonyl (C=O) groups is 1. The maximum atomic E-state index is 10.8. The molecule has 1 heterocycles. The van der Waals surface area contributed by atoms with Crippen LogP contribution in [0.3, 0.4) is 0 Å². The lowest BCUT2D eigenvalue weighted by molar-refractivity contribution is -0.108. The van der Waals surface area contributed by atoms with Gasteiger partial charge in [-0.15, -0.1) is 0 Å². The van der Waals surface area contributed by atoms with Crippen molar-refractivity contribution in [3.8, 4) is 0 Å². The van der Waals surface area contributed by atoms with Crippen LogP contribution in [0, 0.1) is 0 Å². The maximum Gasteiger partial charge on any atom is 0.145 e. The highest BCUT2D eigenvalue weighted by atomic mass is 16.1. The number of hydrazone groups is 1. The predicted molar refractivity (Wildman–Crippen MR) is 55.0 cm³/mol. The van der Waals surface area contributed by atoms with Crippen LogP contribution in [-0.2, 0) is 4.79 Å². The Labute approximate surface area is 82.0 Å². The molecule has 1 aromatic carbocycles. The third-order valence-corrected chi connectivity index (χ3v) is 2.15. The number of carbonyl (C=O) groups excluding carboxylic acids is 1. The van der Waals surface area contributed by atoms with Gasteiger partial charge in [0, 0.05) is 6.42 Å². The van der Waals surface area contributed by atoms with Crippen LogP contribution in [0.1, 0.15) is 6.42 Å². The second-order valence-electron chi connectivity index (χ2n) is 3.18. The van der Waals surface area contributed by atoms with Crippen molar-refractivity contribution in [3.05, 3.63) is 30.3 Å². The average Bonchev–Trinajstić information content (AvgIpc) is 2.61. The highest BCUT2D eigenvalue weighted by molar-refractivity contribution is 5.89. The molecule has 14 heavy (non-hydrogen) atoms. The maximum absolute atomic E-state index is 10.8. The van der Waals surface area contributed by atoms with Crippen molar-refractivity contribution in [2.75, 3.05) is 5.01 Å². The van der Waals surface area contributed by atoms with Crippen LogP contribution in [-0.4, -0.2) is 18.2 Å². The highest BCUT2D eigenvalue weighted by Gasteiger charge is 2.25. The van der Waals surface area contributed by atoms with Gasteiger partial charge in [-0.05, 0) is 12.1 Å². The number of anilines is 1. The minimum Gasteiger partial charge on any atom is -0.386 e. The highest BCUT2D eigenvalue weighted by Crippen LogP contribution is 2.21. The predicted octanol–water partition coefficient (Wildman–Crippen LogP) is 0.736. The smallest absolute Gasteiger partial charge is 0.145 e. The second-order valence-corrected chi connectivity index (χ2v) is 3.18. The standard InChI is InChI=1S/C10H11N3O/c11-10-6-9(7-14)13(12-10)8-4-2-1-3-5-8/h1-5,7,9H,6H2,(H2,11,12). The Morgan fingerprint density at radius 2 is 2.14 bits per heavy atom. The van der Waals surface area contributed by atoms with Gasteiger partial charge in [-0.1, -0.05) is 18.2 Å². The Kier molecular flexibility index (Phi) is 2.18. The largest absolute Gasteiger partial charge is 0.386 e. The van der Waals surface area contributed by atoms with Crippen molar-refractivity contribution in [3.63, 3.8) is 0 Å². The monoisotopic (exact) mass is 189 g/mol. The Morgan fingerprint density at radius 3 is 2.79 bits per heavy atom. The SMILES string of the molecule is NC1=NN(c2ccccc2)C(C=O)C1. The number of nitrogens with zero attached hydrogens (tertiary/aromatic N) is 2. The Morgan fingerprint density at radius 1 is 1.43 bits per heavy atom. The summed E-state index contributed by atoms with van der Waals surface area (Å²) in [5, 5.41) is 5.76. The summed E-state index contributed by atoms with van der Waals surface area (Å²) in [5.74, 6) is 0.506. The molecule has 4 heteroatoms. The average molecular weight is 189 g/mol. The second kappa shape index (κ2) is 3.49. The van der Waals surface area contributed by atoms with Crippen LogP contribution in [0.25, 0.3) is 0 Å². The van der Waals surface area contributed by atoms with Crippen molar-refractivity contribution in [2.45, 2.75) is 12.5 Å². The molecule has 0 fully saturated rings. The summed E-state index contributed by atoms with van der Waals surface area (Å²) in [7, 11) is 0. The molecule has 4 nitrogen and oxygen atoms in total. The topological polar surface area (TPSA) is 58.7 Å². The Balaban J connectivity index is 2.30. The molecule has 2 N–H and O–H groups in total. The number of benzene rings is 1. The van der Waals surface area contributed by atoms with Gasteiger partial charge in [0.15, 0.2) is 0 Å². The van der Waals surface area contributed by atoms with E-state index in [4.69, 9.17) is 5.73 Å². The summed E-state index contributed by atoms with van der Waals surface area (Å²) >= 11 is 0.